The van der Waals surface area contributed by atoms with Crippen molar-refractivity contribution in [3.05, 3.63) is 0 Å². The number of carbonyl (C=O) groups excluding carboxylic acids is 1. The van der Waals surface area contributed by atoms with Crippen LogP contribution in [0.4, 0.5) is 0 Å². The molecule has 12 heavy (non-hydrogen) atoms. The lowest BCUT2D eigenvalue weighted by Crippen LogP contribution is -2.46. The highest BCUT2D eigenvalue weighted by Gasteiger charge is 2.43. The molecule has 2 rings (SSSR count). The average Bonchev–Trinajstić information content (AvgIpc) is 2.81. The highest BCUT2D eigenvalue weighted by molar-refractivity contribution is 5.80. The van der Waals surface area contributed by atoms with Crippen molar-refractivity contribution < 1.29 is 4.79 Å². The van der Waals surface area contributed by atoms with Gasteiger partial charge in [-0.3, -0.25) is 4.79 Å². The topological polar surface area (TPSA) is 29.1 Å². The van der Waals surface area contributed by atoms with Crippen molar-refractivity contribution in [1.29, 1.82) is 0 Å². The van der Waals surface area contributed by atoms with Gasteiger partial charge in [0.1, 0.15) is 0 Å². The van der Waals surface area contributed by atoms with Crippen LogP contribution in [0.5, 0.6) is 0 Å². The van der Waals surface area contributed by atoms with Crippen molar-refractivity contribution in [2.75, 3.05) is 6.54 Å². The second-order valence-corrected chi connectivity index (χ2v) is 4.44. The molecule has 1 amide bonds. The maximum atomic E-state index is 11.5. The summed E-state index contributed by atoms with van der Waals surface area (Å²) < 4.78 is 0. The van der Waals surface area contributed by atoms with Crippen molar-refractivity contribution >= 4 is 5.91 Å². The summed E-state index contributed by atoms with van der Waals surface area (Å²) in [6.07, 6.45) is 2.55. The maximum Gasteiger partial charge on any atom is 0.223 e. The van der Waals surface area contributed by atoms with Gasteiger partial charge in [-0.15, -0.1) is 0 Å². The third-order valence-corrected chi connectivity index (χ3v) is 3.49. The molecule has 2 aliphatic rings. The van der Waals surface area contributed by atoms with Gasteiger partial charge in [0.15, 0.2) is 0 Å². The van der Waals surface area contributed by atoms with Crippen LogP contribution in [-0.2, 0) is 4.79 Å². The molecule has 1 N–H and O–H groups in total. The highest BCUT2D eigenvalue weighted by Crippen LogP contribution is 2.43. The Morgan fingerprint density at radius 1 is 1.33 bits per heavy atom. The quantitative estimate of drug-likeness (QED) is 0.628. The number of hydrogen-bond donors (Lipinski definition) is 1. The van der Waals surface area contributed by atoms with Gasteiger partial charge in [-0.1, -0.05) is 13.8 Å². The van der Waals surface area contributed by atoms with Crippen LogP contribution in [-0.4, -0.2) is 12.5 Å². The predicted molar refractivity (Wildman–Crippen MR) is 47.6 cm³/mol. The third-order valence-electron chi connectivity index (χ3n) is 3.49. The Kier molecular flexibility index (Phi) is 1.85. The zero-order valence-electron chi connectivity index (χ0n) is 7.84. The molecular weight excluding hydrogens is 150 g/mol. The molecule has 1 heterocycles. The fraction of sp³-hybridized carbons (Fsp3) is 0.900. The van der Waals surface area contributed by atoms with Crippen LogP contribution in [0.25, 0.3) is 0 Å². The molecule has 1 aliphatic heterocycles. The smallest absolute Gasteiger partial charge is 0.223 e. The monoisotopic (exact) mass is 167 g/mol. The molecule has 2 fully saturated rings. The van der Waals surface area contributed by atoms with Gasteiger partial charge in [-0.05, 0) is 30.6 Å². The van der Waals surface area contributed by atoms with Crippen molar-refractivity contribution in [2.24, 2.45) is 23.7 Å². The Morgan fingerprint density at radius 2 is 2.00 bits per heavy atom. The molecule has 0 aromatic carbocycles. The van der Waals surface area contributed by atoms with Crippen LogP contribution in [0, 0.1) is 23.7 Å². The molecule has 1 aliphatic carbocycles. The van der Waals surface area contributed by atoms with Crippen LogP contribution in [0.2, 0.25) is 0 Å². The lowest BCUT2D eigenvalue weighted by molar-refractivity contribution is -0.130. The molecule has 3 atom stereocenters. The van der Waals surface area contributed by atoms with E-state index in [4.69, 9.17) is 0 Å². The molecular formula is C10H17NO. The lowest BCUT2D eigenvalue weighted by atomic mass is 9.78. The van der Waals surface area contributed by atoms with Crippen LogP contribution in [0.3, 0.4) is 0 Å². The molecule has 2 heteroatoms. The van der Waals surface area contributed by atoms with E-state index in [1.54, 1.807) is 0 Å². The number of nitrogens with one attached hydrogen (secondary N) is 1. The molecule has 2 nitrogen and oxygen atoms in total. The fourth-order valence-electron chi connectivity index (χ4n) is 2.26. The van der Waals surface area contributed by atoms with Crippen LogP contribution in [0.1, 0.15) is 26.7 Å². The summed E-state index contributed by atoms with van der Waals surface area (Å²) in [5.74, 6) is 2.60. The minimum Gasteiger partial charge on any atom is -0.356 e. The molecule has 0 aromatic rings. The first-order valence-corrected chi connectivity index (χ1v) is 4.98. The molecule has 0 bridgehead atoms. The summed E-state index contributed by atoms with van der Waals surface area (Å²) in [5, 5.41) is 2.99. The van der Waals surface area contributed by atoms with Gasteiger partial charge in [0.2, 0.25) is 5.91 Å². The Hall–Kier alpha value is -0.530. The Balaban J connectivity index is 2.09. The van der Waals surface area contributed by atoms with E-state index in [1.165, 1.54) is 12.8 Å². The van der Waals surface area contributed by atoms with Crippen molar-refractivity contribution in [3.8, 4) is 0 Å². The van der Waals surface area contributed by atoms with E-state index in [2.05, 4.69) is 19.2 Å². The number of hydrogen-bond acceptors (Lipinski definition) is 1. The first-order chi connectivity index (χ1) is 5.70. The maximum absolute atomic E-state index is 11.5. The van der Waals surface area contributed by atoms with E-state index in [1.807, 2.05) is 0 Å². The third kappa shape index (κ3) is 1.23. The summed E-state index contributed by atoms with van der Waals surface area (Å²) in [6.45, 7) is 5.34. The minimum atomic E-state index is 0.308. The van der Waals surface area contributed by atoms with Crippen LogP contribution >= 0.6 is 0 Å². The summed E-state index contributed by atoms with van der Waals surface area (Å²) in [6, 6.07) is 0. The molecule has 3 unspecified atom stereocenters. The van der Waals surface area contributed by atoms with E-state index in [-0.39, 0.29) is 0 Å². The average molecular weight is 167 g/mol. The number of amides is 1. The standard InChI is InChI=1S/C10H17NO/c1-6-5-11-10(12)9(7(6)2)8-3-4-8/h6-9H,3-5H2,1-2H3,(H,11,12). The molecule has 0 radical (unpaired) electrons. The summed E-state index contributed by atoms with van der Waals surface area (Å²) in [7, 11) is 0. The van der Waals surface area contributed by atoms with Gasteiger partial charge in [-0.25, -0.2) is 0 Å². The normalized spacial score (nSPS) is 42.5. The molecule has 68 valence electrons. The lowest BCUT2D eigenvalue weighted by Gasteiger charge is -2.33. The second kappa shape index (κ2) is 2.75. The van der Waals surface area contributed by atoms with Gasteiger partial charge in [0, 0.05) is 12.5 Å². The Labute approximate surface area is 73.7 Å². The van der Waals surface area contributed by atoms with E-state index in [0.717, 1.165) is 6.54 Å². The van der Waals surface area contributed by atoms with E-state index < -0.39 is 0 Å². The van der Waals surface area contributed by atoms with Gasteiger partial charge in [-0.2, -0.15) is 0 Å². The van der Waals surface area contributed by atoms with Crippen molar-refractivity contribution in [1.82, 2.24) is 5.32 Å². The van der Waals surface area contributed by atoms with Crippen LogP contribution in [0.15, 0.2) is 0 Å². The van der Waals surface area contributed by atoms with Crippen molar-refractivity contribution in [2.45, 2.75) is 26.7 Å². The SMILES string of the molecule is CC1CNC(=O)C(C2CC2)C1C. The number of rotatable bonds is 1. The number of piperidine rings is 1. The van der Waals surface area contributed by atoms with Gasteiger partial charge in [0.05, 0.1) is 0 Å². The van der Waals surface area contributed by atoms with E-state index in [0.29, 0.717) is 29.6 Å². The second-order valence-electron chi connectivity index (χ2n) is 4.44. The zero-order chi connectivity index (χ0) is 8.72. The predicted octanol–water partition coefficient (Wildman–Crippen LogP) is 1.41. The molecule has 1 saturated heterocycles. The highest BCUT2D eigenvalue weighted by atomic mass is 16.2. The first-order valence-electron chi connectivity index (χ1n) is 4.98. The summed E-state index contributed by atoms with van der Waals surface area (Å²) >= 11 is 0. The Morgan fingerprint density at radius 3 is 2.58 bits per heavy atom. The summed E-state index contributed by atoms with van der Waals surface area (Å²) in [5.41, 5.74) is 0. The Bertz CT molecular complexity index is 198. The minimum absolute atomic E-state index is 0.308. The van der Waals surface area contributed by atoms with Crippen LogP contribution < -0.4 is 5.32 Å². The van der Waals surface area contributed by atoms with Gasteiger partial charge >= 0.3 is 0 Å². The van der Waals surface area contributed by atoms with E-state index >= 15 is 0 Å². The van der Waals surface area contributed by atoms with Gasteiger partial charge < -0.3 is 5.32 Å². The largest absolute Gasteiger partial charge is 0.356 e. The molecule has 0 aromatic heterocycles. The fourth-order valence-corrected chi connectivity index (χ4v) is 2.26. The van der Waals surface area contributed by atoms with E-state index in [9.17, 15) is 4.79 Å². The molecule has 1 saturated carbocycles. The summed E-state index contributed by atoms with van der Waals surface area (Å²) in [4.78, 5) is 11.5. The van der Waals surface area contributed by atoms with Crippen molar-refractivity contribution in [3.63, 3.8) is 0 Å². The zero-order valence-corrected chi connectivity index (χ0v) is 7.84. The molecule has 0 spiro atoms. The first kappa shape index (κ1) is 8.09. The number of carbonyl (C=O) groups is 1. The van der Waals surface area contributed by atoms with Gasteiger partial charge in [0.25, 0.3) is 0 Å².